The van der Waals surface area contributed by atoms with E-state index in [-0.39, 0.29) is 0 Å². The predicted molar refractivity (Wildman–Crippen MR) is 117 cm³/mol. The molecule has 3 aromatic carbocycles. The van der Waals surface area contributed by atoms with Crippen molar-refractivity contribution in [3.63, 3.8) is 0 Å². The van der Waals surface area contributed by atoms with Crippen LogP contribution in [0.4, 0.5) is 0 Å². The van der Waals surface area contributed by atoms with Gasteiger partial charge in [0.25, 0.3) is 0 Å². The Morgan fingerprint density at radius 2 is 1.11 bits per heavy atom. The van der Waals surface area contributed by atoms with Crippen LogP contribution in [0, 0.1) is 37.5 Å². The van der Waals surface area contributed by atoms with Crippen molar-refractivity contribution in [1.29, 1.82) is 0 Å². The van der Waals surface area contributed by atoms with Gasteiger partial charge in [-0.2, -0.15) is 0 Å². The van der Waals surface area contributed by atoms with Crippen LogP contribution in [0.1, 0.15) is 64.1 Å². The summed E-state index contributed by atoms with van der Waals surface area (Å²) in [5, 5.41) is 0. The van der Waals surface area contributed by atoms with Crippen LogP contribution >= 0.6 is 0 Å². The predicted octanol–water partition coefficient (Wildman–Crippen LogP) is 6.37. The number of hydrogen-bond donors (Lipinski definition) is 0. The molecule has 28 heavy (non-hydrogen) atoms. The summed E-state index contributed by atoms with van der Waals surface area (Å²) in [5.41, 5.74) is 8.22. The molecule has 136 valence electrons. The van der Waals surface area contributed by atoms with Crippen molar-refractivity contribution in [1.82, 2.24) is 0 Å². The fraction of sp³-hybridized carbons (Fsp3) is 0.214. The monoisotopic (exact) mass is 360 g/mol. The average Bonchev–Trinajstić information content (AvgIpc) is 2.67. The summed E-state index contributed by atoms with van der Waals surface area (Å²) in [4.78, 5) is 0. The smallest absolute Gasteiger partial charge is 0.0284 e. The molecule has 1 aliphatic rings. The van der Waals surface area contributed by atoms with Crippen LogP contribution in [0.15, 0.2) is 66.7 Å². The Kier molecular flexibility index (Phi) is 5.32. The summed E-state index contributed by atoms with van der Waals surface area (Å²) >= 11 is 0. The summed E-state index contributed by atoms with van der Waals surface area (Å²) in [6, 6.07) is 23.3. The second kappa shape index (κ2) is 8.21. The summed E-state index contributed by atoms with van der Waals surface area (Å²) in [7, 11) is 0. The molecule has 0 bridgehead atoms. The molecule has 1 saturated carbocycles. The SMILES string of the molecule is Cc1ccc(C#Cc2ccc(C#Cc3ccc(C)cc3)c(C3CCC3)c2)cc1. The minimum Gasteiger partial charge on any atom is -0.0617 e. The molecule has 0 heterocycles. The van der Waals surface area contributed by atoms with Gasteiger partial charge in [0.05, 0.1) is 0 Å². The Balaban J connectivity index is 1.63. The highest BCUT2D eigenvalue weighted by atomic mass is 14.3. The lowest BCUT2D eigenvalue weighted by Gasteiger charge is -2.27. The Labute approximate surface area is 168 Å². The maximum atomic E-state index is 3.41. The van der Waals surface area contributed by atoms with Crippen molar-refractivity contribution in [2.45, 2.75) is 39.0 Å². The van der Waals surface area contributed by atoms with Crippen LogP contribution in [0.3, 0.4) is 0 Å². The molecule has 0 aromatic heterocycles. The quantitative estimate of drug-likeness (QED) is 0.442. The Morgan fingerprint density at radius 3 is 1.64 bits per heavy atom. The van der Waals surface area contributed by atoms with E-state index < -0.39 is 0 Å². The molecular weight excluding hydrogens is 336 g/mol. The van der Waals surface area contributed by atoms with E-state index in [4.69, 9.17) is 0 Å². The lowest BCUT2D eigenvalue weighted by atomic mass is 9.78. The summed E-state index contributed by atoms with van der Waals surface area (Å²) in [5.74, 6) is 14.0. The van der Waals surface area contributed by atoms with E-state index in [1.54, 1.807) is 0 Å². The molecule has 0 spiro atoms. The van der Waals surface area contributed by atoms with Gasteiger partial charge in [-0.25, -0.2) is 0 Å². The number of benzene rings is 3. The van der Waals surface area contributed by atoms with Gasteiger partial charge in [0.1, 0.15) is 0 Å². The van der Waals surface area contributed by atoms with E-state index in [1.165, 1.54) is 36.0 Å². The third-order valence-corrected chi connectivity index (χ3v) is 5.39. The summed E-state index contributed by atoms with van der Waals surface area (Å²) < 4.78 is 0. The Morgan fingerprint density at radius 1 is 0.607 bits per heavy atom. The molecule has 4 rings (SSSR count). The van der Waals surface area contributed by atoms with Crippen LogP contribution in [-0.4, -0.2) is 0 Å². The van der Waals surface area contributed by atoms with Crippen molar-refractivity contribution in [3.8, 4) is 23.7 Å². The first kappa shape index (κ1) is 18.2. The lowest BCUT2D eigenvalue weighted by molar-refractivity contribution is 0.419. The molecule has 3 aromatic rings. The number of rotatable bonds is 1. The van der Waals surface area contributed by atoms with Crippen molar-refractivity contribution in [3.05, 3.63) is 106 Å². The second-order valence-electron chi connectivity index (χ2n) is 7.66. The molecule has 0 radical (unpaired) electrons. The van der Waals surface area contributed by atoms with E-state index in [0.717, 1.165) is 22.3 Å². The van der Waals surface area contributed by atoms with Gasteiger partial charge in [0, 0.05) is 22.3 Å². The van der Waals surface area contributed by atoms with Crippen LogP contribution in [0.2, 0.25) is 0 Å². The van der Waals surface area contributed by atoms with Crippen molar-refractivity contribution in [2.24, 2.45) is 0 Å². The Bertz CT molecular complexity index is 1090. The molecule has 0 N–H and O–H groups in total. The van der Waals surface area contributed by atoms with Crippen molar-refractivity contribution in [2.75, 3.05) is 0 Å². The van der Waals surface area contributed by atoms with E-state index >= 15 is 0 Å². The van der Waals surface area contributed by atoms with E-state index in [0.29, 0.717) is 5.92 Å². The first-order valence-electron chi connectivity index (χ1n) is 9.99. The molecular formula is C28H24. The standard InChI is InChI=1S/C28H24/c1-21-6-10-23(11-7-21)14-15-25-17-19-27(28(20-25)26-4-3-5-26)18-16-24-12-8-22(2)9-13-24/h6-13,17,19-20,26H,3-5H2,1-2H3. The zero-order chi connectivity index (χ0) is 19.3. The molecule has 1 fully saturated rings. The van der Waals surface area contributed by atoms with Gasteiger partial charge in [-0.15, -0.1) is 0 Å². The zero-order valence-electron chi connectivity index (χ0n) is 16.5. The minimum absolute atomic E-state index is 0.628. The molecule has 0 aliphatic heterocycles. The molecule has 0 atom stereocenters. The molecule has 0 saturated heterocycles. The largest absolute Gasteiger partial charge is 0.0617 e. The molecule has 0 unspecified atom stereocenters. The van der Waals surface area contributed by atoms with Gasteiger partial charge < -0.3 is 0 Å². The Hall–Kier alpha value is -3.22. The fourth-order valence-electron chi connectivity index (χ4n) is 3.37. The maximum absolute atomic E-state index is 3.41. The topological polar surface area (TPSA) is 0 Å². The van der Waals surface area contributed by atoms with Gasteiger partial charge in [-0.05, 0) is 80.6 Å². The third-order valence-electron chi connectivity index (χ3n) is 5.39. The van der Waals surface area contributed by atoms with Gasteiger partial charge in [0.2, 0.25) is 0 Å². The van der Waals surface area contributed by atoms with Crippen LogP contribution in [0.25, 0.3) is 0 Å². The van der Waals surface area contributed by atoms with Crippen LogP contribution in [-0.2, 0) is 0 Å². The first-order chi connectivity index (χ1) is 13.7. The number of aryl methyl sites for hydroxylation is 2. The summed E-state index contributed by atoms with van der Waals surface area (Å²) in [6.45, 7) is 4.20. The molecule has 1 aliphatic carbocycles. The maximum Gasteiger partial charge on any atom is 0.0284 e. The van der Waals surface area contributed by atoms with Gasteiger partial charge in [-0.3, -0.25) is 0 Å². The van der Waals surface area contributed by atoms with E-state index in [2.05, 4.69) is 104 Å². The highest BCUT2D eigenvalue weighted by Crippen LogP contribution is 2.38. The highest BCUT2D eigenvalue weighted by Gasteiger charge is 2.21. The first-order valence-corrected chi connectivity index (χ1v) is 9.99. The molecule has 0 nitrogen and oxygen atoms in total. The zero-order valence-corrected chi connectivity index (χ0v) is 16.5. The number of hydrogen-bond acceptors (Lipinski definition) is 0. The van der Waals surface area contributed by atoms with E-state index in [9.17, 15) is 0 Å². The van der Waals surface area contributed by atoms with Crippen LogP contribution < -0.4 is 0 Å². The minimum atomic E-state index is 0.628. The van der Waals surface area contributed by atoms with Gasteiger partial charge >= 0.3 is 0 Å². The van der Waals surface area contributed by atoms with Crippen LogP contribution in [0.5, 0.6) is 0 Å². The van der Waals surface area contributed by atoms with Gasteiger partial charge in [0.15, 0.2) is 0 Å². The highest BCUT2D eigenvalue weighted by molar-refractivity contribution is 5.53. The van der Waals surface area contributed by atoms with Gasteiger partial charge in [-0.1, -0.05) is 65.5 Å². The lowest BCUT2D eigenvalue weighted by Crippen LogP contribution is -2.10. The van der Waals surface area contributed by atoms with E-state index in [1.807, 2.05) is 0 Å². The normalized spacial score (nSPS) is 12.9. The average molecular weight is 361 g/mol. The molecule has 0 amide bonds. The van der Waals surface area contributed by atoms with Crippen molar-refractivity contribution >= 4 is 0 Å². The fourth-order valence-corrected chi connectivity index (χ4v) is 3.37. The van der Waals surface area contributed by atoms with Crippen molar-refractivity contribution < 1.29 is 0 Å². The third kappa shape index (κ3) is 4.36. The molecule has 0 heteroatoms. The second-order valence-corrected chi connectivity index (χ2v) is 7.66. The summed E-state index contributed by atoms with van der Waals surface area (Å²) in [6.07, 6.45) is 3.83.